The van der Waals surface area contributed by atoms with Crippen LogP contribution in [0.5, 0.6) is 0 Å². The zero-order chi connectivity index (χ0) is 12.5. The van der Waals surface area contributed by atoms with Crippen LogP contribution in [0.1, 0.15) is 31.4 Å². The van der Waals surface area contributed by atoms with Gasteiger partial charge in [0.2, 0.25) is 0 Å². The molecule has 1 aromatic carbocycles. The average Bonchev–Trinajstić information content (AvgIpc) is 2.72. The zero-order valence-corrected chi connectivity index (χ0v) is 10.5. The highest BCUT2D eigenvalue weighted by molar-refractivity contribution is 8.00. The minimum Gasteiger partial charge on any atom is -0.271 e. The normalized spacial score (nSPS) is 26.1. The Labute approximate surface area is 104 Å². The van der Waals surface area contributed by atoms with Crippen LogP contribution in [0.3, 0.4) is 0 Å². The molecular weight excluding hydrogens is 242 g/mol. The van der Waals surface area contributed by atoms with Crippen molar-refractivity contribution in [2.75, 3.05) is 5.75 Å². The molecule has 3 N–H and O–H groups in total. The summed E-state index contributed by atoms with van der Waals surface area (Å²) in [6, 6.07) is 3.81. The van der Waals surface area contributed by atoms with E-state index in [0.29, 0.717) is 5.56 Å². The summed E-state index contributed by atoms with van der Waals surface area (Å²) in [4.78, 5) is 0. The van der Waals surface area contributed by atoms with E-state index in [9.17, 15) is 8.78 Å². The van der Waals surface area contributed by atoms with E-state index in [4.69, 9.17) is 5.84 Å². The minimum atomic E-state index is -0.825. The number of halogens is 2. The number of hydrogen-bond donors (Lipinski definition) is 2. The molecule has 0 radical (unpaired) electrons. The molecule has 2 nitrogen and oxygen atoms in total. The smallest absolute Gasteiger partial charge is 0.159 e. The molecule has 0 bridgehead atoms. The Morgan fingerprint density at radius 3 is 2.71 bits per heavy atom. The van der Waals surface area contributed by atoms with Gasteiger partial charge >= 0.3 is 0 Å². The second-order valence-electron chi connectivity index (χ2n) is 4.54. The first-order valence-electron chi connectivity index (χ1n) is 5.62. The molecule has 0 aliphatic carbocycles. The molecule has 1 aromatic rings. The molecule has 1 heterocycles. The van der Waals surface area contributed by atoms with Crippen LogP contribution in [0.4, 0.5) is 8.78 Å². The van der Waals surface area contributed by atoms with Gasteiger partial charge in [-0.25, -0.2) is 8.78 Å². The van der Waals surface area contributed by atoms with E-state index in [0.717, 1.165) is 24.7 Å². The maximum atomic E-state index is 13.2. The SMILES string of the molecule is CC1(C(NN)c2ccc(F)c(F)c2)CCCS1. The summed E-state index contributed by atoms with van der Waals surface area (Å²) in [5, 5.41) is 0. The molecule has 1 saturated heterocycles. The van der Waals surface area contributed by atoms with E-state index in [1.54, 1.807) is 6.07 Å². The summed E-state index contributed by atoms with van der Waals surface area (Å²) >= 11 is 1.82. The first-order valence-corrected chi connectivity index (χ1v) is 6.60. The Balaban J connectivity index is 2.31. The van der Waals surface area contributed by atoms with Gasteiger partial charge in [-0.05, 0) is 43.2 Å². The molecule has 1 aliphatic rings. The van der Waals surface area contributed by atoms with Crippen LogP contribution in [0.15, 0.2) is 18.2 Å². The standard InChI is InChI=1S/C12H16F2N2S/c1-12(5-2-6-17-12)11(16-15)8-3-4-9(13)10(14)7-8/h3-4,7,11,16H,2,5-6,15H2,1H3. The second kappa shape index (κ2) is 4.92. The monoisotopic (exact) mass is 258 g/mol. The van der Waals surface area contributed by atoms with Crippen LogP contribution >= 0.6 is 11.8 Å². The van der Waals surface area contributed by atoms with Crippen LogP contribution in [0.2, 0.25) is 0 Å². The molecule has 2 atom stereocenters. The van der Waals surface area contributed by atoms with Gasteiger partial charge in [0.15, 0.2) is 11.6 Å². The maximum absolute atomic E-state index is 13.2. The molecule has 0 saturated carbocycles. The van der Waals surface area contributed by atoms with Gasteiger partial charge in [-0.15, -0.1) is 0 Å². The van der Waals surface area contributed by atoms with Crippen LogP contribution in [-0.2, 0) is 0 Å². The van der Waals surface area contributed by atoms with E-state index in [-0.39, 0.29) is 10.8 Å². The number of thioether (sulfide) groups is 1. The molecule has 0 amide bonds. The summed E-state index contributed by atoms with van der Waals surface area (Å²) in [5.74, 6) is 5.01. The van der Waals surface area contributed by atoms with Crippen LogP contribution in [0, 0.1) is 11.6 Å². The zero-order valence-electron chi connectivity index (χ0n) is 9.67. The van der Waals surface area contributed by atoms with Crippen molar-refractivity contribution >= 4 is 11.8 Å². The van der Waals surface area contributed by atoms with Crippen molar-refractivity contribution in [1.82, 2.24) is 5.43 Å². The van der Waals surface area contributed by atoms with Crippen LogP contribution in [0.25, 0.3) is 0 Å². The van der Waals surface area contributed by atoms with Gasteiger partial charge in [-0.3, -0.25) is 11.3 Å². The highest BCUT2D eigenvalue weighted by Crippen LogP contribution is 2.46. The van der Waals surface area contributed by atoms with Gasteiger partial charge in [-0.1, -0.05) is 6.07 Å². The topological polar surface area (TPSA) is 38.0 Å². The quantitative estimate of drug-likeness (QED) is 0.646. The molecular formula is C12H16F2N2S. The van der Waals surface area contributed by atoms with Crippen molar-refractivity contribution in [2.45, 2.75) is 30.6 Å². The van der Waals surface area contributed by atoms with Crippen molar-refractivity contribution < 1.29 is 8.78 Å². The molecule has 94 valence electrons. The third kappa shape index (κ3) is 2.46. The van der Waals surface area contributed by atoms with E-state index < -0.39 is 11.6 Å². The van der Waals surface area contributed by atoms with Gasteiger partial charge in [-0.2, -0.15) is 11.8 Å². The van der Waals surface area contributed by atoms with Gasteiger partial charge in [0.05, 0.1) is 6.04 Å². The van der Waals surface area contributed by atoms with Crippen molar-refractivity contribution in [3.63, 3.8) is 0 Å². The molecule has 2 rings (SSSR count). The summed E-state index contributed by atoms with van der Waals surface area (Å²) < 4.78 is 26.1. The summed E-state index contributed by atoms with van der Waals surface area (Å²) in [6.07, 6.45) is 2.15. The molecule has 5 heteroatoms. The van der Waals surface area contributed by atoms with Crippen molar-refractivity contribution in [2.24, 2.45) is 5.84 Å². The number of nitrogens with two attached hydrogens (primary N) is 1. The first-order chi connectivity index (χ1) is 8.07. The van der Waals surface area contributed by atoms with E-state index in [1.165, 1.54) is 6.07 Å². The Morgan fingerprint density at radius 2 is 2.18 bits per heavy atom. The number of nitrogens with one attached hydrogen (secondary N) is 1. The first kappa shape index (κ1) is 12.8. The maximum Gasteiger partial charge on any atom is 0.159 e. The van der Waals surface area contributed by atoms with Crippen molar-refractivity contribution in [1.29, 1.82) is 0 Å². The third-order valence-corrected chi connectivity index (χ3v) is 4.90. The van der Waals surface area contributed by atoms with Crippen LogP contribution < -0.4 is 11.3 Å². The lowest BCUT2D eigenvalue weighted by Crippen LogP contribution is -2.41. The fraction of sp³-hybridized carbons (Fsp3) is 0.500. The molecule has 1 aliphatic heterocycles. The Hall–Kier alpha value is -0.650. The summed E-state index contributed by atoms with van der Waals surface area (Å²) in [5.41, 5.74) is 3.44. The number of hydrogen-bond acceptors (Lipinski definition) is 3. The molecule has 0 spiro atoms. The minimum absolute atomic E-state index is 0.0565. The van der Waals surface area contributed by atoms with Gasteiger partial charge in [0.1, 0.15) is 0 Å². The highest BCUT2D eigenvalue weighted by atomic mass is 32.2. The fourth-order valence-corrected chi connectivity index (χ4v) is 3.76. The average molecular weight is 258 g/mol. The van der Waals surface area contributed by atoms with Crippen LogP contribution in [-0.4, -0.2) is 10.5 Å². The molecule has 17 heavy (non-hydrogen) atoms. The molecule has 1 fully saturated rings. The van der Waals surface area contributed by atoms with Gasteiger partial charge in [0, 0.05) is 4.75 Å². The Kier molecular flexibility index (Phi) is 3.70. The molecule has 0 aromatic heterocycles. The predicted molar refractivity (Wildman–Crippen MR) is 66.5 cm³/mol. The number of rotatable bonds is 3. The lowest BCUT2D eigenvalue weighted by molar-refractivity contribution is 0.416. The van der Waals surface area contributed by atoms with E-state index >= 15 is 0 Å². The largest absolute Gasteiger partial charge is 0.271 e. The molecule has 2 unspecified atom stereocenters. The second-order valence-corrected chi connectivity index (χ2v) is 6.17. The predicted octanol–water partition coefficient (Wildman–Crippen LogP) is 2.75. The number of hydrazine groups is 1. The van der Waals surface area contributed by atoms with E-state index in [1.807, 2.05) is 11.8 Å². The Bertz CT molecular complexity index is 405. The Morgan fingerprint density at radius 1 is 1.41 bits per heavy atom. The fourth-order valence-electron chi connectivity index (χ4n) is 2.35. The van der Waals surface area contributed by atoms with Crippen molar-refractivity contribution in [3.05, 3.63) is 35.4 Å². The summed E-state index contributed by atoms with van der Waals surface area (Å²) in [7, 11) is 0. The lowest BCUT2D eigenvalue weighted by Gasteiger charge is -2.33. The lowest BCUT2D eigenvalue weighted by atomic mass is 9.90. The summed E-state index contributed by atoms with van der Waals surface area (Å²) in [6.45, 7) is 2.11. The third-order valence-electron chi connectivity index (χ3n) is 3.30. The van der Waals surface area contributed by atoms with Gasteiger partial charge < -0.3 is 0 Å². The van der Waals surface area contributed by atoms with Gasteiger partial charge in [0.25, 0.3) is 0 Å². The highest BCUT2D eigenvalue weighted by Gasteiger charge is 2.38. The number of benzene rings is 1. The van der Waals surface area contributed by atoms with Crippen molar-refractivity contribution in [3.8, 4) is 0 Å². The van der Waals surface area contributed by atoms with E-state index in [2.05, 4.69) is 12.3 Å².